The van der Waals surface area contributed by atoms with Crippen LogP contribution in [-0.2, 0) is 0 Å². The SMILES string of the molecule is FC1C=c2c(C3CCNCC3)noc2=CC1. The minimum Gasteiger partial charge on any atom is -0.356 e. The van der Waals surface area contributed by atoms with Crippen LogP contribution in [0.15, 0.2) is 4.52 Å². The molecule has 16 heavy (non-hydrogen) atoms. The van der Waals surface area contributed by atoms with Crippen LogP contribution in [0.5, 0.6) is 0 Å². The number of nitrogens with zero attached hydrogens (tertiary/aromatic N) is 1. The molecule has 0 bridgehead atoms. The fraction of sp³-hybridized carbons (Fsp3) is 0.583. The molecule has 0 aromatic carbocycles. The summed E-state index contributed by atoms with van der Waals surface area (Å²) in [5.74, 6) is 0.420. The predicted molar refractivity (Wildman–Crippen MR) is 59.0 cm³/mol. The molecule has 2 aliphatic rings. The molecule has 0 saturated carbocycles. The molecule has 2 heterocycles. The van der Waals surface area contributed by atoms with Crippen LogP contribution in [0.4, 0.5) is 4.39 Å². The van der Waals surface area contributed by atoms with E-state index in [9.17, 15) is 4.39 Å². The molecule has 1 aromatic rings. The largest absolute Gasteiger partial charge is 0.356 e. The fourth-order valence-electron chi connectivity index (χ4n) is 2.50. The van der Waals surface area contributed by atoms with Crippen molar-refractivity contribution in [1.29, 1.82) is 0 Å². The number of halogens is 1. The molecular weight excluding hydrogens is 207 g/mol. The van der Waals surface area contributed by atoms with Gasteiger partial charge in [-0.2, -0.15) is 0 Å². The molecule has 1 aliphatic heterocycles. The number of alkyl halides is 1. The van der Waals surface area contributed by atoms with Crippen molar-refractivity contribution in [3.8, 4) is 0 Å². The van der Waals surface area contributed by atoms with Crippen molar-refractivity contribution in [1.82, 2.24) is 10.5 Å². The number of hydrogen-bond acceptors (Lipinski definition) is 3. The summed E-state index contributed by atoms with van der Waals surface area (Å²) in [6.07, 6.45) is 5.11. The number of hydrogen-bond donors (Lipinski definition) is 1. The summed E-state index contributed by atoms with van der Waals surface area (Å²) >= 11 is 0. The number of fused-ring (bicyclic) bond motifs is 1. The number of aromatic nitrogens is 1. The Morgan fingerprint density at radius 1 is 1.38 bits per heavy atom. The van der Waals surface area contributed by atoms with E-state index in [-0.39, 0.29) is 0 Å². The van der Waals surface area contributed by atoms with Gasteiger partial charge in [-0.15, -0.1) is 0 Å². The molecule has 0 radical (unpaired) electrons. The molecule has 0 spiro atoms. The highest BCUT2D eigenvalue weighted by atomic mass is 19.1. The lowest BCUT2D eigenvalue weighted by Gasteiger charge is -2.20. The molecule has 1 N–H and O–H groups in total. The first-order valence-electron chi connectivity index (χ1n) is 5.87. The lowest BCUT2D eigenvalue weighted by Crippen LogP contribution is -2.33. The van der Waals surface area contributed by atoms with E-state index in [0.717, 1.165) is 42.3 Å². The van der Waals surface area contributed by atoms with Crippen LogP contribution in [-0.4, -0.2) is 24.4 Å². The average Bonchev–Trinajstić information content (AvgIpc) is 2.73. The molecule has 1 aromatic heterocycles. The molecule has 3 rings (SSSR count). The Hall–Kier alpha value is -1.16. The lowest BCUT2D eigenvalue weighted by molar-refractivity contribution is 0.365. The van der Waals surface area contributed by atoms with Gasteiger partial charge in [0.15, 0.2) is 5.42 Å². The van der Waals surface area contributed by atoms with Gasteiger partial charge in [0.1, 0.15) is 6.17 Å². The summed E-state index contributed by atoms with van der Waals surface area (Å²) in [7, 11) is 0. The van der Waals surface area contributed by atoms with E-state index in [4.69, 9.17) is 4.52 Å². The molecular formula is C12H15FN2O. The van der Waals surface area contributed by atoms with Crippen LogP contribution in [0.3, 0.4) is 0 Å². The summed E-state index contributed by atoms with van der Waals surface area (Å²) in [5.41, 5.74) is 1.71. The summed E-state index contributed by atoms with van der Waals surface area (Å²) in [5, 5.41) is 8.33. The zero-order valence-electron chi connectivity index (χ0n) is 9.08. The van der Waals surface area contributed by atoms with Crippen molar-refractivity contribution in [2.75, 3.05) is 13.1 Å². The van der Waals surface area contributed by atoms with Crippen LogP contribution >= 0.6 is 0 Å². The zero-order valence-corrected chi connectivity index (χ0v) is 9.08. The highest BCUT2D eigenvalue weighted by Crippen LogP contribution is 2.20. The highest BCUT2D eigenvalue weighted by Gasteiger charge is 2.21. The second kappa shape index (κ2) is 4.01. The Morgan fingerprint density at radius 2 is 2.19 bits per heavy atom. The summed E-state index contributed by atoms with van der Waals surface area (Å²) < 4.78 is 18.6. The maximum atomic E-state index is 13.3. The maximum Gasteiger partial charge on any atom is 0.163 e. The van der Waals surface area contributed by atoms with Gasteiger partial charge in [-0.3, -0.25) is 0 Å². The number of rotatable bonds is 1. The molecule has 0 amide bonds. The number of nitrogens with one attached hydrogen (secondary N) is 1. The molecule has 1 unspecified atom stereocenters. The van der Waals surface area contributed by atoms with Crippen LogP contribution in [0, 0.1) is 0 Å². The maximum absolute atomic E-state index is 13.3. The fourth-order valence-corrected chi connectivity index (χ4v) is 2.50. The predicted octanol–water partition coefficient (Wildman–Crippen LogP) is 0.444. The first-order valence-corrected chi connectivity index (χ1v) is 5.87. The summed E-state index contributed by atoms with van der Waals surface area (Å²) in [6.45, 7) is 2.02. The Morgan fingerprint density at radius 3 is 3.00 bits per heavy atom. The van der Waals surface area contributed by atoms with Gasteiger partial charge in [-0.05, 0) is 38.1 Å². The van der Waals surface area contributed by atoms with Crippen molar-refractivity contribution in [2.24, 2.45) is 0 Å². The van der Waals surface area contributed by atoms with Crippen molar-refractivity contribution in [3.05, 3.63) is 16.3 Å². The zero-order chi connectivity index (χ0) is 11.0. The van der Waals surface area contributed by atoms with Crippen LogP contribution in [0.1, 0.15) is 30.9 Å². The molecule has 4 heteroatoms. The average molecular weight is 222 g/mol. The molecule has 1 aliphatic carbocycles. The van der Waals surface area contributed by atoms with Crippen molar-refractivity contribution in [2.45, 2.75) is 31.4 Å². The Balaban J connectivity index is 2.02. The van der Waals surface area contributed by atoms with Crippen molar-refractivity contribution in [3.63, 3.8) is 0 Å². The van der Waals surface area contributed by atoms with E-state index < -0.39 is 6.17 Å². The van der Waals surface area contributed by atoms with Gasteiger partial charge in [-0.1, -0.05) is 5.16 Å². The first kappa shape index (κ1) is 10.0. The third kappa shape index (κ3) is 1.67. The van der Waals surface area contributed by atoms with Gasteiger partial charge < -0.3 is 9.84 Å². The van der Waals surface area contributed by atoms with Gasteiger partial charge in [0.2, 0.25) is 0 Å². The minimum atomic E-state index is -0.882. The van der Waals surface area contributed by atoms with Crippen molar-refractivity contribution >= 4 is 12.2 Å². The second-order valence-electron chi connectivity index (χ2n) is 4.49. The number of piperidine rings is 1. The van der Waals surface area contributed by atoms with Gasteiger partial charge in [0, 0.05) is 17.6 Å². The molecule has 86 valence electrons. The smallest absolute Gasteiger partial charge is 0.163 e. The van der Waals surface area contributed by atoms with Gasteiger partial charge in [-0.25, -0.2) is 4.39 Å². The Labute approximate surface area is 93.0 Å². The minimum absolute atomic E-state index is 0.411. The topological polar surface area (TPSA) is 38.1 Å². The standard InChI is InChI=1S/C12H15FN2O/c13-9-1-2-11-10(7-9)12(15-16-11)8-3-5-14-6-4-8/h2,7-9,14H,1,3-6H2. The third-order valence-electron chi connectivity index (χ3n) is 3.39. The summed E-state index contributed by atoms with van der Waals surface area (Å²) in [4.78, 5) is 0. The second-order valence-corrected chi connectivity index (χ2v) is 4.49. The molecule has 1 atom stereocenters. The van der Waals surface area contributed by atoms with Crippen LogP contribution in [0.2, 0.25) is 0 Å². The Bertz CT molecular complexity index is 488. The van der Waals surface area contributed by atoms with E-state index in [1.807, 2.05) is 0 Å². The van der Waals surface area contributed by atoms with Gasteiger partial charge in [0.05, 0.1) is 5.69 Å². The first-order chi connectivity index (χ1) is 7.84. The van der Waals surface area contributed by atoms with Gasteiger partial charge in [0.25, 0.3) is 0 Å². The normalized spacial score (nSPS) is 25.7. The van der Waals surface area contributed by atoms with E-state index in [1.165, 1.54) is 0 Å². The molecule has 1 fully saturated rings. The van der Waals surface area contributed by atoms with Crippen LogP contribution < -0.4 is 16.0 Å². The monoisotopic (exact) mass is 222 g/mol. The van der Waals surface area contributed by atoms with E-state index >= 15 is 0 Å². The van der Waals surface area contributed by atoms with E-state index in [1.54, 1.807) is 12.2 Å². The summed E-state index contributed by atoms with van der Waals surface area (Å²) in [6, 6.07) is 0. The van der Waals surface area contributed by atoms with E-state index in [0.29, 0.717) is 12.3 Å². The Kier molecular flexibility index (Phi) is 2.52. The molecule has 3 nitrogen and oxygen atoms in total. The molecule has 1 saturated heterocycles. The quantitative estimate of drug-likeness (QED) is 0.749. The third-order valence-corrected chi connectivity index (χ3v) is 3.39. The van der Waals surface area contributed by atoms with Crippen molar-refractivity contribution < 1.29 is 8.91 Å². The highest BCUT2D eigenvalue weighted by molar-refractivity contribution is 5.41. The van der Waals surface area contributed by atoms with E-state index in [2.05, 4.69) is 10.5 Å². The van der Waals surface area contributed by atoms with Gasteiger partial charge >= 0.3 is 0 Å². The van der Waals surface area contributed by atoms with Crippen LogP contribution in [0.25, 0.3) is 12.2 Å². The lowest BCUT2D eigenvalue weighted by atomic mass is 9.92.